The van der Waals surface area contributed by atoms with Crippen LogP contribution < -0.4 is 5.73 Å². The highest BCUT2D eigenvalue weighted by molar-refractivity contribution is 5.35. The smallest absolute Gasteiger partial charge is 0.174 e. The van der Waals surface area contributed by atoms with Crippen LogP contribution in [0, 0.1) is 12.0 Å². The Bertz CT molecular complexity index is 167. The van der Waals surface area contributed by atoms with Crippen LogP contribution >= 0.6 is 0 Å². The van der Waals surface area contributed by atoms with Crippen molar-refractivity contribution in [1.29, 1.82) is 0 Å². The zero-order chi connectivity index (χ0) is 5.98. The van der Waals surface area contributed by atoms with Crippen LogP contribution in [0.2, 0.25) is 0 Å². The Labute approximate surface area is 46.2 Å². The standard InChI is InChI=1S/C5H4FN2/c6-4-3-8-2-1-5(4)7/h1-2H,(H2,7,8). The molecule has 1 aromatic heterocycles. The molecule has 0 aliphatic carbocycles. The van der Waals surface area contributed by atoms with Gasteiger partial charge in [0.15, 0.2) is 5.82 Å². The van der Waals surface area contributed by atoms with Crippen LogP contribution in [0.25, 0.3) is 0 Å². The number of nitrogen functional groups attached to an aromatic ring is 1. The summed E-state index contributed by atoms with van der Waals surface area (Å²) in [6, 6.07) is 1.38. The van der Waals surface area contributed by atoms with Crippen molar-refractivity contribution < 1.29 is 4.39 Å². The number of hydrogen-bond acceptors (Lipinski definition) is 2. The van der Waals surface area contributed by atoms with E-state index in [9.17, 15) is 4.39 Å². The maximum absolute atomic E-state index is 12.1. The molecule has 0 aromatic carbocycles. The van der Waals surface area contributed by atoms with E-state index < -0.39 is 5.82 Å². The van der Waals surface area contributed by atoms with E-state index in [0.717, 1.165) is 0 Å². The minimum atomic E-state index is -0.590. The summed E-state index contributed by atoms with van der Waals surface area (Å²) in [5.41, 5.74) is 5.16. The maximum atomic E-state index is 12.1. The fraction of sp³-hybridized carbons (Fsp3) is 0. The van der Waals surface area contributed by atoms with E-state index in [1.807, 2.05) is 0 Å². The highest BCUT2D eigenvalue weighted by Gasteiger charge is 1.91. The Kier molecular flexibility index (Phi) is 1.12. The van der Waals surface area contributed by atoms with Crippen molar-refractivity contribution in [3.8, 4) is 0 Å². The molecule has 3 heteroatoms. The van der Waals surface area contributed by atoms with E-state index in [2.05, 4.69) is 11.2 Å². The Balaban J connectivity index is 3.13. The third-order valence-corrected chi connectivity index (χ3v) is 0.745. The van der Waals surface area contributed by atoms with E-state index >= 15 is 0 Å². The summed E-state index contributed by atoms with van der Waals surface area (Å²) in [6.07, 6.45) is 3.45. The molecule has 2 N–H and O–H groups in total. The Hall–Kier alpha value is -1.12. The first-order valence-electron chi connectivity index (χ1n) is 2.08. The fourth-order valence-electron chi connectivity index (χ4n) is 0.349. The zero-order valence-corrected chi connectivity index (χ0v) is 4.06. The Morgan fingerprint density at radius 1 is 1.75 bits per heavy atom. The van der Waals surface area contributed by atoms with Crippen LogP contribution in [0.15, 0.2) is 12.3 Å². The number of rotatable bonds is 0. The molecule has 0 saturated carbocycles. The lowest BCUT2D eigenvalue weighted by molar-refractivity contribution is 0.623. The van der Waals surface area contributed by atoms with Crippen LogP contribution in [0.5, 0.6) is 0 Å². The van der Waals surface area contributed by atoms with E-state index in [0.29, 0.717) is 0 Å². The number of nitrogens with two attached hydrogens (primary N) is 1. The molecule has 0 spiro atoms. The van der Waals surface area contributed by atoms with E-state index in [-0.39, 0.29) is 5.69 Å². The van der Waals surface area contributed by atoms with Crippen LogP contribution in [0.3, 0.4) is 0 Å². The molecule has 0 aliphatic heterocycles. The Morgan fingerprint density at radius 2 is 2.50 bits per heavy atom. The lowest BCUT2D eigenvalue weighted by Crippen LogP contribution is -1.89. The van der Waals surface area contributed by atoms with E-state index in [1.54, 1.807) is 0 Å². The Morgan fingerprint density at radius 3 is 2.88 bits per heavy atom. The molecular formula is C5H4FN2. The molecule has 0 aliphatic rings. The van der Waals surface area contributed by atoms with Crippen LogP contribution in [0.4, 0.5) is 10.1 Å². The predicted molar refractivity (Wildman–Crippen MR) is 27.4 cm³/mol. The molecule has 1 aromatic rings. The lowest BCUT2D eigenvalue weighted by atomic mass is 10.4. The SMILES string of the molecule is Nc1ccn[c]c1F. The first-order chi connectivity index (χ1) is 3.80. The molecule has 0 atom stereocenters. The van der Waals surface area contributed by atoms with E-state index in [1.165, 1.54) is 12.3 Å². The molecule has 0 saturated heterocycles. The van der Waals surface area contributed by atoms with Crippen molar-refractivity contribution in [3.63, 3.8) is 0 Å². The molecule has 1 rings (SSSR count). The summed E-state index contributed by atoms with van der Waals surface area (Å²) < 4.78 is 12.1. The van der Waals surface area contributed by atoms with Gasteiger partial charge in [-0.1, -0.05) is 0 Å². The van der Waals surface area contributed by atoms with Gasteiger partial charge in [0.1, 0.15) is 6.20 Å². The number of anilines is 1. The molecule has 0 fully saturated rings. The van der Waals surface area contributed by atoms with Gasteiger partial charge in [0.05, 0.1) is 5.69 Å². The van der Waals surface area contributed by atoms with Crippen molar-refractivity contribution in [2.75, 3.05) is 5.73 Å². The average molecular weight is 111 g/mol. The first kappa shape index (κ1) is 5.03. The minimum absolute atomic E-state index is 0.0833. The van der Waals surface area contributed by atoms with Gasteiger partial charge in [-0.2, -0.15) is 0 Å². The highest BCUT2D eigenvalue weighted by Crippen LogP contribution is 2.02. The summed E-state index contributed by atoms with van der Waals surface area (Å²) in [7, 11) is 0. The van der Waals surface area contributed by atoms with Gasteiger partial charge in [-0.25, -0.2) is 4.39 Å². The van der Waals surface area contributed by atoms with Gasteiger partial charge in [-0.3, -0.25) is 4.98 Å². The van der Waals surface area contributed by atoms with Crippen molar-refractivity contribution in [2.45, 2.75) is 0 Å². The van der Waals surface area contributed by atoms with Crippen molar-refractivity contribution >= 4 is 5.69 Å². The van der Waals surface area contributed by atoms with Gasteiger partial charge in [-0.05, 0) is 6.07 Å². The number of nitrogens with zero attached hydrogens (tertiary/aromatic N) is 1. The van der Waals surface area contributed by atoms with Crippen molar-refractivity contribution in [2.24, 2.45) is 0 Å². The highest BCUT2D eigenvalue weighted by atomic mass is 19.1. The summed E-state index contributed by atoms with van der Waals surface area (Å²) >= 11 is 0. The lowest BCUT2D eigenvalue weighted by Gasteiger charge is -1.88. The molecule has 0 bridgehead atoms. The molecule has 2 nitrogen and oxygen atoms in total. The van der Waals surface area contributed by atoms with Crippen molar-refractivity contribution in [1.82, 2.24) is 4.98 Å². The summed E-state index contributed by atoms with van der Waals surface area (Å²) in [5, 5.41) is 0. The molecule has 1 radical (unpaired) electrons. The van der Waals surface area contributed by atoms with E-state index in [4.69, 9.17) is 5.73 Å². The van der Waals surface area contributed by atoms with Crippen LogP contribution in [-0.2, 0) is 0 Å². The number of aromatic nitrogens is 1. The van der Waals surface area contributed by atoms with Gasteiger partial charge in [0.25, 0.3) is 0 Å². The molecular weight excluding hydrogens is 107 g/mol. The molecule has 0 amide bonds. The minimum Gasteiger partial charge on any atom is -0.396 e. The molecule has 0 unspecified atom stereocenters. The average Bonchev–Trinajstić information content (AvgIpc) is 1.77. The first-order valence-corrected chi connectivity index (χ1v) is 2.08. The second-order valence-corrected chi connectivity index (χ2v) is 1.33. The zero-order valence-electron chi connectivity index (χ0n) is 4.06. The molecule has 1 heterocycles. The number of hydrogen-bond donors (Lipinski definition) is 1. The van der Waals surface area contributed by atoms with Gasteiger partial charge >= 0.3 is 0 Å². The van der Waals surface area contributed by atoms with Gasteiger partial charge in [0.2, 0.25) is 0 Å². The second kappa shape index (κ2) is 1.78. The topological polar surface area (TPSA) is 38.9 Å². The van der Waals surface area contributed by atoms with Gasteiger partial charge in [-0.15, -0.1) is 0 Å². The fourth-order valence-corrected chi connectivity index (χ4v) is 0.349. The van der Waals surface area contributed by atoms with Crippen LogP contribution in [0.1, 0.15) is 0 Å². The molecule has 41 valence electrons. The second-order valence-electron chi connectivity index (χ2n) is 1.33. The largest absolute Gasteiger partial charge is 0.396 e. The monoisotopic (exact) mass is 111 g/mol. The summed E-state index contributed by atoms with van der Waals surface area (Å²) in [5.74, 6) is -0.590. The normalized spacial score (nSPS) is 9.12. The van der Waals surface area contributed by atoms with Gasteiger partial charge < -0.3 is 5.73 Å². The summed E-state index contributed by atoms with van der Waals surface area (Å²) in [4.78, 5) is 3.37. The third-order valence-electron chi connectivity index (χ3n) is 0.745. The predicted octanol–water partition coefficient (Wildman–Crippen LogP) is 0.603. The van der Waals surface area contributed by atoms with Gasteiger partial charge in [0, 0.05) is 6.20 Å². The number of pyridine rings is 1. The maximum Gasteiger partial charge on any atom is 0.174 e. The summed E-state index contributed by atoms with van der Waals surface area (Å²) in [6.45, 7) is 0. The molecule has 8 heavy (non-hydrogen) atoms. The van der Waals surface area contributed by atoms with Crippen LogP contribution in [-0.4, -0.2) is 4.98 Å². The quantitative estimate of drug-likeness (QED) is 0.532. The number of halogens is 1. The van der Waals surface area contributed by atoms with Crippen molar-refractivity contribution in [3.05, 3.63) is 24.3 Å². The third kappa shape index (κ3) is 0.753.